The zero-order chi connectivity index (χ0) is 10.8. The Morgan fingerprint density at radius 3 is 2.94 bits per heavy atom. The zero-order valence-corrected chi connectivity index (χ0v) is 9.47. The SMILES string of the molecule is c1ccc(COC[C@@H]2CCC[C@@H]3O[C@H]23)cc1. The highest BCUT2D eigenvalue weighted by Gasteiger charge is 2.46. The van der Waals surface area contributed by atoms with E-state index in [0.717, 1.165) is 13.2 Å². The van der Waals surface area contributed by atoms with Crippen LogP contribution in [0.1, 0.15) is 24.8 Å². The fourth-order valence-electron chi connectivity index (χ4n) is 2.63. The lowest BCUT2D eigenvalue weighted by molar-refractivity contribution is 0.0720. The number of hydrogen-bond donors (Lipinski definition) is 0. The van der Waals surface area contributed by atoms with Crippen LogP contribution in [0.3, 0.4) is 0 Å². The van der Waals surface area contributed by atoms with Crippen molar-refractivity contribution in [2.24, 2.45) is 5.92 Å². The number of fused-ring (bicyclic) bond motifs is 1. The van der Waals surface area contributed by atoms with Gasteiger partial charge in [0.15, 0.2) is 0 Å². The first-order chi connectivity index (χ1) is 7.93. The molecule has 2 nitrogen and oxygen atoms in total. The van der Waals surface area contributed by atoms with Crippen molar-refractivity contribution in [1.82, 2.24) is 0 Å². The van der Waals surface area contributed by atoms with E-state index in [1.165, 1.54) is 24.8 Å². The molecular formula is C14H18O2. The fourth-order valence-corrected chi connectivity index (χ4v) is 2.63. The van der Waals surface area contributed by atoms with Crippen LogP contribution in [0, 0.1) is 5.92 Å². The molecule has 1 saturated carbocycles. The van der Waals surface area contributed by atoms with Crippen LogP contribution in [0.2, 0.25) is 0 Å². The van der Waals surface area contributed by atoms with Crippen molar-refractivity contribution in [2.75, 3.05) is 6.61 Å². The van der Waals surface area contributed by atoms with E-state index in [0.29, 0.717) is 18.1 Å². The fraction of sp³-hybridized carbons (Fsp3) is 0.571. The lowest BCUT2D eigenvalue weighted by atomic mass is 9.90. The van der Waals surface area contributed by atoms with Gasteiger partial charge in [0.1, 0.15) is 0 Å². The number of epoxide rings is 1. The van der Waals surface area contributed by atoms with E-state index in [9.17, 15) is 0 Å². The highest BCUT2D eigenvalue weighted by molar-refractivity contribution is 5.13. The molecule has 0 N–H and O–H groups in total. The van der Waals surface area contributed by atoms with Gasteiger partial charge in [-0.05, 0) is 18.4 Å². The van der Waals surface area contributed by atoms with Crippen molar-refractivity contribution in [3.05, 3.63) is 35.9 Å². The van der Waals surface area contributed by atoms with Crippen LogP contribution in [0.15, 0.2) is 30.3 Å². The van der Waals surface area contributed by atoms with Crippen molar-refractivity contribution in [3.8, 4) is 0 Å². The Kier molecular flexibility index (Phi) is 2.94. The molecule has 1 saturated heterocycles. The molecule has 1 heterocycles. The maximum absolute atomic E-state index is 5.78. The van der Waals surface area contributed by atoms with E-state index in [-0.39, 0.29) is 0 Å². The van der Waals surface area contributed by atoms with Gasteiger partial charge in [-0.1, -0.05) is 36.8 Å². The van der Waals surface area contributed by atoms with Gasteiger partial charge in [-0.3, -0.25) is 0 Å². The van der Waals surface area contributed by atoms with Crippen LogP contribution in [0.5, 0.6) is 0 Å². The molecule has 0 unspecified atom stereocenters. The minimum Gasteiger partial charge on any atom is -0.376 e. The molecule has 1 aliphatic heterocycles. The quantitative estimate of drug-likeness (QED) is 0.725. The van der Waals surface area contributed by atoms with E-state index in [4.69, 9.17) is 9.47 Å². The molecule has 3 atom stereocenters. The van der Waals surface area contributed by atoms with Crippen LogP contribution in [-0.4, -0.2) is 18.8 Å². The Balaban J connectivity index is 1.43. The monoisotopic (exact) mass is 218 g/mol. The Hall–Kier alpha value is -0.860. The summed E-state index contributed by atoms with van der Waals surface area (Å²) < 4.78 is 11.4. The molecule has 3 rings (SSSR count). The maximum Gasteiger partial charge on any atom is 0.0891 e. The first-order valence-electron chi connectivity index (χ1n) is 6.20. The highest BCUT2D eigenvalue weighted by Crippen LogP contribution is 2.40. The molecule has 2 heteroatoms. The lowest BCUT2D eigenvalue weighted by Crippen LogP contribution is -2.21. The van der Waals surface area contributed by atoms with Gasteiger partial charge >= 0.3 is 0 Å². The molecule has 1 aromatic rings. The third-order valence-corrected chi connectivity index (χ3v) is 3.59. The second-order valence-corrected chi connectivity index (χ2v) is 4.83. The van der Waals surface area contributed by atoms with E-state index in [1.54, 1.807) is 0 Å². The van der Waals surface area contributed by atoms with E-state index >= 15 is 0 Å². The summed E-state index contributed by atoms with van der Waals surface area (Å²) in [6.45, 7) is 1.59. The summed E-state index contributed by atoms with van der Waals surface area (Å²) in [7, 11) is 0. The van der Waals surface area contributed by atoms with Crippen LogP contribution < -0.4 is 0 Å². The summed E-state index contributed by atoms with van der Waals surface area (Å²) in [4.78, 5) is 0. The molecule has 1 aliphatic carbocycles. The zero-order valence-electron chi connectivity index (χ0n) is 9.47. The molecule has 16 heavy (non-hydrogen) atoms. The first kappa shape index (κ1) is 10.3. The van der Waals surface area contributed by atoms with Crippen LogP contribution in [0.4, 0.5) is 0 Å². The number of hydrogen-bond acceptors (Lipinski definition) is 2. The third kappa shape index (κ3) is 2.28. The molecule has 0 radical (unpaired) electrons. The van der Waals surface area contributed by atoms with Gasteiger partial charge in [-0.15, -0.1) is 0 Å². The average molecular weight is 218 g/mol. The minimum absolute atomic E-state index is 0.518. The number of rotatable bonds is 4. The summed E-state index contributed by atoms with van der Waals surface area (Å²) in [6.07, 6.45) is 4.93. The van der Waals surface area contributed by atoms with Crippen molar-refractivity contribution in [2.45, 2.75) is 38.1 Å². The topological polar surface area (TPSA) is 21.8 Å². The van der Waals surface area contributed by atoms with Crippen molar-refractivity contribution in [3.63, 3.8) is 0 Å². The Morgan fingerprint density at radius 2 is 2.06 bits per heavy atom. The predicted molar refractivity (Wildman–Crippen MR) is 62.1 cm³/mol. The van der Waals surface area contributed by atoms with Gasteiger partial charge in [0.2, 0.25) is 0 Å². The molecule has 86 valence electrons. The first-order valence-corrected chi connectivity index (χ1v) is 6.20. The molecule has 1 aromatic carbocycles. The van der Waals surface area contributed by atoms with Gasteiger partial charge in [0, 0.05) is 5.92 Å². The molecular weight excluding hydrogens is 200 g/mol. The molecule has 0 spiro atoms. The largest absolute Gasteiger partial charge is 0.376 e. The summed E-state index contributed by atoms with van der Waals surface area (Å²) in [5, 5.41) is 0. The summed E-state index contributed by atoms with van der Waals surface area (Å²) in [6, 6.07) is 10.4. The predicted octanol–water partition coefficient (Wildman–Crippen LogP) is 2.77. The summed E-state index contributed by atoms with van der Waals surface area (Å²) >= 11 is 0. The van der Waals surface area contributed by atoms with Gasteiger partial charge < -0.3 is 9.47 Å². The van der Waals surface area contributed by atoms with Gasteiger partial charge in [0.25, 0.3) is 0 Å². The summed E-state index contributed by atoms with van der Waals surface area (Å²) in [5.74, 6) is 0.641. The van der Waals surface area contributed by atoms with Crippen molar-refractivity contribution in [1.29, 1.82) is 0 Å². The minimum atomic E-state index is 0.518. The van der Waals surface area contributed by atoms with Crippen molar-refractivity contribution >= 4 is 0 Å². The average Bonchev–Trinajstić information content (AvgIpc) is 3.10. The highest BCUT2D eigenvalue weighted by atomic mass is 16.6. The van der Waals surface area contributed by atoms with Crippen LogP contribution in [-0.2, 0) is 16.1 Å². The van der Waals surface area contributed by atoms with Gasteiger partial charge in [-0.25, -0.2) is 0 Å². The Morgan fingerprint density at radius 1 is 1.19 bits per heavy atom. The number of benzene rings is 1. The Bertz CT molecular complexity index is 336. The van der Waals surface area contributed by atoms with E-state index in [2.05, 4.69) is 24.3 Å². The third-order valence-electron chi connectivity index (χ3n) is 3.59. The van der Waals surface area contributed by atoms with Gasteiger partial charge in [0.05, 0.1) is 25.4 Å². The van der Waals surface area contributed by atoms with Gasteiger partial charge in [-0.2, -0.15) is 0 Å². The molecule has 0 amide bonds. The van der Waals surface area contributed by atoms with Crippen molar-refractivity contribution < 1.29 is 9.47 Å². The molecule has 2 fully saturated rings. The Labute approximate surface area is 96.6 Å². The maximum atomic E-state index is 5.78. The molecule has 0 bridgehead atoms. The molecule has 0 aromatic heterocycles. The van der Waals surface area contributed by atoms with Crippen LogP contribution >= 0.6 is 0 Å². The van der Waals surface area contributed by atoms with E-state index in [1.807, 2.05) is 6.07 Å². The number of ether oxygens (including phenoxy) is 2. The smallest absolute Gasteiger partial charge is 0.0891 e. The molecule has 2 aliphatic rings. The lowest BCUT2D eigenvalue weighted by Gasteiger charge is -2.18. The second-order valence-electron chi connectivity index (χ2n) is 4.83. The summed E-state index contributed by atoms with van der Waals surface area (Å²) in [5.41, 5.74) is 1.26. The van der Waals surface area contributed by atoms with Crippen LogP contribution in [0.25, 0.3) is 0 Å². The normalized spacial score (nSPS) is 32.1. The second kappa shape index (κ2) is 4.56. The standard InChI is InChI=1S/C14H18O2/c1-2-5-11(6-3-1)9-15-10-12-7-4-8-13-14(12)16-13/h1-3,5-6,12-14H,4,7-10H2/t12-,13-,14+/m0/s1. The van der Waals surface area contributed by atoms with E-state index < -0.39 is 0 Å².